The zero-order chi connectivity index (χ0) is 21.5. The molecule has 3 rings (SSSR count). The first-order chi connectivity index (χ1) is 14.4. The molecule has 0 saturated heterocycles. The number of carbonyl (C=O) groups excluding carboxylic acids is 2. The molecular formula is C23H26N3O4+. The molecule has 2 amide bonds. The maximum Gasteiger partial charge on any atom is 0.279 e. The molecule has 0 radical (unpaired) electrons. The van der Waals surface area contributed by atoms with Gasteiger partial charge in [0.05, 0.1) is 19.8 Å². The molecule has 7 nitrogen and oxygen atoms in total. The molecule has 1 heterocycles. The molecule has 1 unspecified atom stereocenters. The van der Waals surface area contributed by atoms with E-state index >= 15 is 0 Å². The van der Waals surface area contributed by atoms with E-state index in [9.17, 15) is 9.59 Å². The number of carbonyl (C=O) groups is 2. The molecule has 7 heteroatoms. The van der Waals surface area contributed by atoms with Gasteiger partial charge in [0.1, 0.15) is 18.1 Å². The highest BCUT2D eigenvalue weighted by Gasteiger charge is 2.14. The number of quaternary nitrogens is 1. The van der Waals surface area contributed by atoms with Gasteiger partial charge < -0.3 is 24.7 Å². The van der Waals surface area contributed by atoms with Crippen LogP contribution in [0.5, 0.6) is 5.75 Å². The van der Waals surface area contributed by atoms with Crippen molar-refractivity contribution in [1.82, 2.24) is 0 Å². The van der Waals surface area contributed by atoms with Gasteiger partial charge in [0.15, 0.2) is 12.3 Å². The lowest BCUT2D eigenvalue weighted by molar-refractivity contribution is -0.886. The van der Waals surface area contributed by atoms with E-state index in [4.69, 9.17) is 9.15 Å². The second kappa shape index (κ2) is 9.76. The fraction of sp³-hybridized carbons (Fsp3) is 0.217. The Morgan fingerprint density at radius 3 is 2.40 bits per heavy atom. The van der Waals surface area contributed by atoms with Crippen LogP contribution < -0.4 is 20.3 Å². The molecule has 1 atom stereocenters. The molecule has 0 spiro atoms. The summed E-state index contributed by atoms with van der Waals surface area (Å²) in [5, 5.41) is 5.68. The molecule has 1 aromatic heterocycles. The lowest BCUT2D eigenvalue weighted by Gasteiger charge is -2.13. The minimum atomic E-state index is -0.254. The summed E-state index contributed by atoms with van der Waals surface area (Å²) >= 11 is 0. The van der Waals surface area contributed by atoms with E-state index in [2.05, 4.69) is 10.6 Å². The standard InChI is InChI=1S/C23H25N3O4/c1-16-8-13-19(30-16)14-26(2)15-22(27)24-18-11-9-17(10-12-18)23(28)25-20-6-4-5-7-21(20)29-3/h4-13H,14-15H2,1-3H3,(H,24,27)(H,25,28)/p+1. The van der Waals surface area contributed by atoms with E-state index in [1.807, 2.05) is 38.2 Å². The van der Waals surface area contributed by atoms with Crippen molar-refractivity contribution in [1.29, 1.82) is 0 Å². The van der Waals surface area contributed by atoms with Crippen LogP contribution in [0.1, 0.15) is 21.9 Å². The van der Waals surface area contributed by atoms with Gasteiger partial charge in [-0.3, -0.25) is 9.59 Å². The number of ether oxygens (including phenoxy) is 1. The normalized spacial score (nSPS) is 11.6. The van der Waals surface area contributed by atoms with E-state index in [0.717, 1.165) is 16.4 Å². The van der Waals surface area contributed by atoms with Crippen molar-refractivity contribution in [2.45, 2.75) is 13.5 Å². The van der Waals surface area contributed by atoms with Crippen molar-refractivity contribution in [2.75, 3.05) is 31.3 Å². The zero-order valence-electron chi connectivity index (χ0n) is 17.3. The lowest BCUT2D eigenvalue weighted by atomic mass is 10.2. The lowest BCUT2D eigenvalue weighted by Crippen LogP contribution is -3.08. The Labute approximate surface area is 175 Å². The third-order valence-corrected chi connectivity index (χ3v) is 4.52. The number of furan rings is 1. The van der Waals surface area contributed by atoms with Gasteiger partial charge in [-0.1, -0.05) is 12.1 Å². The Bertz CT molecular complexity index is 1010. The van der Waals surface area contributed by atoms with Crippen LogP contribution in [0.15, 0.2) is 65.1 Å². The predicted octanol–water partition coefficient (Wildman–Crippen LogP) is 2.50. The number of rotatable bonds is 8. The van der Waals surface area contributed by atoms with Crippen LogP contribution >= 0.6 is 0 Å². The Morgan fingerprint density at radius 2 is 1.73 bits per heavy atom. The number of amides is 2. The Morgan fingerprint density at radius 1 is 1.00 bits per heavy atom. The fourth-order valence-electron chi connectivity index (χ4n) is 3.07. The minimum Gasteiger partial charge on any atom is -0.495 e. The average Bonchev–Trinajstić information content (AvgIpc) is 3.13. The summed E-state index contributed by atoms with van der Waals surface area (Å²) in [5.41, 5.74) is 1.71. The molecule has 0 aliphatic rings. The highest BCUT2D eigenvalue weighted by molar-refractivity contribution is 6.05. The topological polar surface area (TPSA) is 85.0 Å². The third kappa shape index (κ3) is 5.71. The van der Waals surface area contributed by atoms with Gasteiger partial charge in [-0.25, -0.2) is 0 Å². The summed E-state index contributed by atoms with van der Waals surface area (Å²) in [6.45, 7) is 2.82. The van der Waals surface area contributed by atoms with Crippen molar-refractivity contribution in [2.24, 2.45) is 0 Å². The first-order valence-electron chi connectivity index (χ1n) is 9.65. The number of para-hydroxylation sites is 2. The molecule has 3 aromatic rings. The quantitative estimate of drug-likeness (QED) is 0.535. The van der Waals surface area contributed by atoms with Crippen molar-refractivity contribution in [3.05, 3.63) is 77.7 Å². The molecule has 0 aliphatic heterocycles. The van der Waals surface area contributed by atoms with Gasteiger partial charge in [-0.2, -0.15) is 0 Å². The Hall–Kier alpha value is -3.58. The Balaban J connectivity index is 1.53. The van der Waals surface area contributed by atoms with Crippen molar-refractivity contribution < 1.29 is 23.6 Å². The number of aryl methyl sites for hydroxylation is 1. The highest BCUT2D eigenvalue weighted by Crippen LogP contribution is 2.23. The first-order valence-corrected chi connectivity index (χ1v) is 9.65. The first kappa shape index (κ1) is 21.1. The minimum absolute atomic E-state index is 0.109. The number of nitrogens with one attached hydrogen (secondary N) is 3. The van der Waals surface area contributed by atoms with E-state index < -0.39 is 0 Å². The van der Waals surface area contributed by atoms with E-state index in [0.29, 0.717) is 35.8 Å². The summed E-state index contributed by atoms with van der Waals surface area (Å²) < 4.78 is 10.8. The van der Waals surface area contributed by atoms with Gasteiger partial charge in [0.25, 0.3) is 11.8 Å². The van der Waals surface area contributed by atoms with Crippen LogP contribution in [0.3, 0.4) is 0 Å². The molecule has 0 fully saturated rings. The number of methoxy groups -OCH3 is 1. The molecule has 0 saturated carbocycles. The highest BCUT2D eigenvalue weighted by atomic mass is 16.5. The maximum atomic E-state index is 12.5. The summed E-state index contributed by atoms with van der Waals surface area (Å²) in [5.74, 6) is 1.93. The van der Waals surface area contributed by atoms with Crippen molar-refractivity contribution in [3.8, 4) is 5.75 Å². The van der Waals surface area contributed by atoms with E-state index in [-0.39, 0.29) is 11.8 Å². The average molecular weight is 408 g/mol. The second-order valence-corrected chi connectivity index (χ2v) is 7.10. The number of benzene rings is 2. The number of likely N-dealkylation sites (N-methyl/N-ethyl adjacent to an activating group) is 1. The van der Waals surface area contributed by atoms with Crippen LogP contribution in [0.2, 0.25) is 0 Å². The van der Waals surface area contributed by atoms with Crippen LogP contribution in [0, 0.1) is 6.92 Å². The van der Waals surface area contributed by atoms with Crippen LogP contribution in [0.25, 0.3) is 0 Å². The van der Waals surface area contributed by atoms with Crippen molar-refractivity contribution in [3.63, 3.8) is 0 Å². The molecule has 3 N–H and O–H groups in total. The molecule has 0 aliphatic carbocycles. The van der Waals surface area contributed by atoms with Crippen LogP contribution in [-0.4, -0.2) is 32.5 Å². The van der Waals surface area contributed by atoms with E-state index in [1.165, 1.54) is 0 Å². The molecule has 2 aromatic carbocycles. The largest absolute Gasteiger partial charge is 0.495 e. The maximum absolute atomic E-state index is 12.5. The fourth-order valence-corrected chi connectivity index (χ4v) is 3.07. The van der Waals surface area contributed by atoms with Crippen LogP contribution in [0.4, 0.5) is 11.4 Å². The summed E-state index contributed by atoms with van der Waals surface area (Å²) in [4.78, 5) is 25.8. The van der Waals surface area contributed by atoms with Crippen molar-refractivity contribution >= 4 is 23.2 Å². The second-order valence-electron chi connectivity index (χ2n) is 7.10. The van der Waals surface area contributed by atoms with Gasteiger partial charge >= 0.3 is 0 Å². The van der Waals surface area contributed by atoms with Gasteiger partial charge in [0.2, 0.25) is 0 Å². The molecule has 0 bridgehead atoms. The summed E-state index contributed by atoms with van der Waals surface area (Å²) in [6.07, 6.45) is 0. The van der Waals surface area contributed by atoms with Gasteiger partial charge in [-0.05, 0) is 55.5 Å². The number of hydrogen-bond acceptors (Lipinski definition) is 4. The monoisotopic (exact) mass is 408 g/mol. The zero-order valence-corrected chi connectivity index (χ0v) is 17.3. The third-order valence-electron chi connectivity index (χ3n) is 4.52. The Kier molecular flexibility index (Phi) is 6.87. The molecule has 156 valence electrons. The SMILES string of the molecule is COc1ccccc1NC(=O)c1ccc(NC(=O)C[NH+](C)Cc2ccc(C)o2)cc1. The number of anilines is 2. The summed E-state index contributed by atoms with van der Waals surface area (Å²) in [7, 11) is 3.49. The number of hydrogen-bond donors (Lipinski definition) is 3. The van der Waals surface area contributed by atoms with Gasteiger partial charge in [-0.15, -0.1) is 0 Å². The molecular weight excluding hydrogens is 382 g/mol. The smallest absolute Gasteiger partial charge is 0.279 e. The van der Waals surface area contributed by atoms with Gasteiger partial charge in [0, 0.05) is 11.3 Å². The molecule has 30 heavy (non-hydrogen) atoms. The van der Waals surface area contributed by atoms with Crippen LogP contribution in [-0.2, 0) is 11.3 Å². The summed E-state index contributed by atoms with van der Waals surface area (Å²) in [6, 6.07) is 17.8. The predicted molar refractivity (Wildman–Crippen MR) is 115 cm³/mol. The van der Waals surface area contributed by atoms with E-state index in [1.54, 1.807) is 43.5 Å².